The average Bonchev–Trinajstić information content (AvgIpc) is 3.24. The summed E-state index contributed by atoms with van der Waals surface area (Å²) in [7, 11) is 0. The number of aromatic amines is 1. The standard InChI is InChI=1S/C22H15F2N7O/c23-22(24)32-20-9-16-18(11-28-20)31-21(30-16)13-4-3-5-14(8-13)29-19-12-26-17(10-27-19)15-6-1-2-7-25-15/h1-12,22H,(H,27,29)(H,30,31). The average molecular weight is 431 g/mol. The van der Waals surface area contributed by atoms with E-state index in [-0.39, 0.29) is 5.88 Å². The number of ether oxygens (including phenoxy) is 1. The Kier molecular flexibility index (Phi) is 5.08. The highest BCUT2D eigenvalue weighted by atomic mass is 19.3. The molecular formula is C22H15F2N7O. The molecule has 0 bridgehead atoms. The van der Waals surface area contributed by atoms with Crippen molar-refractivity contribution in [3.8, 4) is 28.7 Å². The van der Waals surface area contributed by atoms with Gasteiger partial charge in [0.1, 0.15) is 17.3 Å². The van der Waals surface area contributed by atoms with Crippen molar-refractivity contribution in [3.63, 3.8) is 0 Å². The van der Waals surface area contributed by atoms with E-state index in [1.54, 1.807) is 18.6 Å². The molecule has 32 heavy (non-hydrogen) atoms. The van der Waals surface area contributed by atoms with Gasteiger partial charge in [-0.05, 0) is 24.3 Å². The molecule has 0 aliphatic heterocycles. The Labute approximate surface area is 180 Å². The van der Waals surface area contributed by atoms with E-state index in [1.807, 2.05) is 42.5 Å². The molecule has 0 amide bonds. The van der Waals surface area contributed by atoms with Gasteiger partial charge in [0.2, 0.25) is 5.88 Å². The predicted molar refractivity (Wildman–Crippen MR) is 115 cm³/mol. The van der Waals surface area contributed by atoms with Gasteiger partial charge >= 0.3 is 6.61 Å². The van der Waals surface area contributed by atoms with Crippen LogP contribution in [0.2, 0.25) is 0 Å². The zero-order valence-corrected chi connectivity index (χ0v) is 16.4. The molecule has 0 unspecified atom stereocenters. The van der Waals surface area contributed by atoms with Crippen LogP contribution >= 0.6 is 0 Å². The number of pyridine rings is 2. The van der Waals surface area contributed by atoms with Crippen LogP contribution in [-0.4, -0.2) is 36.5 Å². The number of alkyl halides is 2. The zero-order chi connectivity index (χ0) is 21.9. The summed E-state index contributed by atoms with van der Waals surface area (Å²) >= 11 is 0. The number of nitrogens with zero attached hydrogens (tertiary/aromatic N) is 5. The molecule has 0 atom stereocenters. The van der Waals surface area contributed by atoms with E-state index in [0.29, 0.717) is 28.4 Å². The summed E-state index contributed by atoms with van der Waals surface area (Å²) in [6, 6.07) is 14.5. The first-order valence-electron chi connectivity index (χ1n) is 9.55. The van der Waals surface area contributed by atoms with E-state index in [4.69, 9.17) is 0 Å². The number of H-pyrrole nitrogens is 1. The Hall–Kier alpha value is -4.47. The normalized spacial score (nSPS) is 11.1. The predicted octanol–water partition coefficient (Wildman–Crippen LogP) is 4.82. The third-order valence-electron chi connectivity index (χ3n) is 4.54. The van der Waals surface area contributed by atoms with Crippen molar-refractivity contribution >= 4 is 22.5 Å². The van der Waals surface area contributed by atoms with E-state index >= 15 is 0 Å². The molecule has 8 nitrogen and oxygen atoms in total. The molecule has 0 fully saturated rings. The van der Waals surface area contributed by atoms with Crippen molar-refractivity contribution in [1.29, 1.82) is 0 Å². The van der Waals surface area contributed by atoms with Crippen LogP contribution in [0.1, 0.15) is 0 Å². The van der Waals surface area contributed by atoms with Gasteiger partial charge in [-0.2, -0.15) is 8.78 Å². The van der Waals surface area contributed by atoms with Gasteiger partial charge in [0, 0.05) is 23.5 Å². The summed E-state index contributed by atoms with van der Waals surface area (Å²) in [4.78, 5) is 24.5. The minimum absolute atomic E-state index is 0.186. The molecular weight excluding hydrogens is 416 g/mol. The first-order valence-corrected chi connectivity index (χ1v) is 9.55. The number of anilines is 2. The van der Waals surface area contributed by atoms with Crippen LogP contribution in [0.15, 0.2) is 73.3 Å². The molecule has 1 aromatic carbocycles. The van der Waals surface area contributed by atoms with Crippen LogP contribution in [0.3, 0.4) is 0 Å². The summed E-state index contributed by atoms with van der Waals surface area (Å²) in [5.74, 6) is 0.953. The van der Waals surface area contributed by atoms with E-state index in [0.717, 1.165) is 16.9 Å². The number of aromatic nitrogens is 6. The van der Waals surface area contributed by atoms with Crippen molar-refractivity contribution < 1.29 is 13.5 Å². The summed E-state index contributed by atoms with van der Waals surface area (Å²) in [6.45, 7) is -2.94. The van der Waals surface area contributed by atoms with Crippen molar-refractivity contribution in [3.05, 3.63) is 73.3 Å². The van der Waals surface area contributed by atoms with Crippen LogP contribution in [-0.2, 0) is 0 Å². The van der Waals surface area contributed by atoms with Gasteiger partial charge in [-0.15, -0.1) is 0 Å². The van der Waals surface area contributed by atoms with Gasteiger partial charge in [-0.3, -0.25) is 4.98 Å². The van der Waals surface area contributed by atoms with Crippen LogP contribution in [0.4, 0.5) is 20.3 Å². The molecule has 0 radical (unpaired) electrons. The largest absolute Gasteiger partial charge is 0.417 e. The molecule has 2 N–H and O–H groups in total. The van der Waals surface area contributed by atoms with Crippen molar-refractivity contribution in [2.45, 2.75) is 6.61 Å². The second-order valence-electron chi connectivity index (χ2n) is 6.71. The lowest BCUT2D eigenvalue weighted by molar-refractivity contribution is -0.0527. The number of hydrogen-bond donors (Lipinski definition) is 2. The maximum absolute atomic E-state index is 12.4. The Morgan fingerprint density at radius 1 is 0.875 bits per heavy atom. The molecule has 5 aromatic rings. The Bertz CT molecular complexity index is 1360. The van der Waals surface area contributed by atoms with Crippen molar-refractivity contribution in [2.24, 2.45) is 0 Å². The van der Waals surface area contributed by atoms with Crippen molar-refractivity contribution in [2.75, 3.05) is 5.32 Å². The number of imidazole rings is 1. The van der Waals surface area contributed by atoms with Gasteiger partial charge in [0.15, 0.2) is 0 Å². The highest BCUT2D eigenvalue weighted by Crippen LogP contribution is 2.26. The Morgan fingerprint density at radius 3 is 2.59 bits per heavy atom. The summed E-state index contributed by atoms with van der Waals surface area (Å²) in [5.41, 5.74) is 4.07. The Morgan fingerprint density at radius 2 is 1.81 bits per heavy atom. The minimum Gasteiger partial charge on any atom is -0.417 e. The van der Waals surface area contributed by atoms with E-state index in [1.165, 1.54) is 12.3 Å². The molecule has 0 saturated heterocycles. The fourth-order valence-corrected chi connectivity index (χ4v) is 3.11. The van der Waals surface area contributed by atoms with Gasteiger partial charge in [-0.25, -0.2) is 19.9 Å². The lowest BCUT2D eigenvalue weighted by atomic mass is 10.2. The number of hydrogen-bond acceptors (Lipinski definition) is 7. The van der Waals surface area contributed by atoms with Crippen LogP contribution in [0.5, 0.6) is 5.88 Å². The lowest BCUT2D eigenvalue weighted by Gasteiger charge is -2.07. The minimum atomic E-state index is -2.94. The maximum Gasteiger partial charge on any atom is 0.388 e. The number of rotatable bonds is 6. The fourth-order valence-electron chi connectivity index (χ4n) is 3.11. The van der Waals surface area contributed by atoms with Crippen LogP contribution in [0, 0.1) is 0 Å². The molecule has 0 aliphatic rings. The monoisotopic (exact) mass is 431 g/mol. The smallest absolute Gasteiger partial charge is 0.388 e. The summed E-state index contributed by atoms with van der Waals surface area (Å²) in [6.07, 6.45) is 6.40. The third kappa shape index (κ3) is 4.19. The van der Waals surface area contributed by atoms with Gasteiger partial charge in [-0.1, -0.05) is 18.2 Å². The van der Waals surface area contributed by atoms with Gasteiger partial charge < -0.3 is 15.0 Å². The number of halogens is 2. The van der Waals surface area contributed by atoms with Gasteiger partial charge in [0.25, 0.3) is 0 Å². The van der Waals surface area contributed by atoms with Crippen molar-refractivity contribution in [1.82, 2.24) is 29.9 Å². The number of benzene rings is 1. The molecule has 4 heterocycles. The SMILES string of the molecule is FC(F)Oc1cc2nc(-c3cccc(Nc4cnc(-c5ccccn5)cn4)c3)[nH]c2cn1. The quantitative estimate of drug-likeness (QED) is 0.397. The van der Waals surface area contributed by atoms with Crippen LogP contribution < -0.4 is 10.1 Å². The summed E-state index contributed by atoms with van der Waals surface area (Å²) in [5, 5.41) is 3.21. The fraction of sp³-hybridized carbons (Fsp3) is 0.0455. The molecule has 4 aromatic heterocycles. The topological polar surface area (TPSA) is 101 Å². The van der Waals surface area contributed by atoms with E-state index < -0.39 is 6.61 Å². The summed E-state index contributed by atoms with van der Waals surface area (Å²) < 4.78 is 29.2. The van der Waals surface area contributed by atoms with Gasteiger partial charge in [0.05, 0.1) is 35.3 Å². The lowest BCUT2D eigenvalue weighted by Crippen LogP contribution is -2.03. The second-order valence-corrected chi connectivity index (χ2v) is 6.71. The van der Waals surface area contributed by atoms with E-state index in [9.17, 15) is 8.78 Å². The second kappa shape index (κ2) is 8.34. The van der Waals surface area contributed by atoms with Crippen LogP contribution in [0.25, 0.3) is 33.8 Å². The highest BCUT2D eigenvalue weighted by molar-refractivity contribution is 5.80. The molecule has 0 spiro atoms. The molecule has 0 saturated carbocycles. The molecule has 5 rings (SSSR count). The van der Waals surface area contributed by atoms with E-state index in [2.05, 4.69) is 40.0 Å². The molecule has 158 valence electrons. The number of nitrogens with one attached hydrogen (secondary N) is 2. The highest BCUT2D eigenvalue weighted by Gasteiger charge is 2.11. The Balaban J connectivity index is 1.36. The molecule has 10 heteroatoms. The first-order chi connectivity index (χ1) is 15.6. The zero-order valence-electron chi connectivity index (χ0n) is 16.4. The molecule has 0 aliphatic carbocycles. The third-order valence-corrected chi connectivity index (χ3v) is 4.54. The maximum atomic E-state index is 12.4. The first kappa shape index (κ1) is 19.5. The number of fused-ring (bicyclic) bond motifs is 1.